The summed E-state index contributed by atoms with van der Waals surface area (Å²) in [6.07, 6.45) is 0. The van der Waals surface area contributed by atoms with Crippen molar-refractivity contribution in [3.8, 4) is 39.1 Å². The number of aromatic nitrogens is 1. The summed E-state index contributed by atoms with van der Waals surface area (Å²) >= 11 is 0. The molecule has 2 nitrogen and oxygen atoms in total. The molecule has 0 spiro atoms. The molecule has 0 atom stereocenters. The summed E-state index contributed by atoms with van der Waals surface area (Å²) in [5, 5.41) is 12.7. The second-order valence-electron chi connectivity index (χ2n) is 17.3. The molecule has 13 rings (SSSR count). The van der Waals surface area contributed by atoms with Gasteiger partial charge in [0, 0.05) is 33.5 Å². The Labute approximate surface area is 383 Å². The van der Waals surface area contributed by atoms with Gasteiger partial charge in [-0.15, -0.1) is 0 Å². The van der Waals surface area contributed by atoms with Crippen LogP contribution >= 0.6 is 0 Å². The van der Waals surface area contributed by atoms with Crippen molar-refractivity contribution in [1.29, 1.82) is 0 Å². The molecule has 0 fully saturated rings. The normalized spacial score (nSPS) is 11.6. The number of fused-ring (bicyclic) bond motifs is 10. The lowest BCUT2D eigenvalue weighted by atomic mass is 9.92. The van der Waals surface area contributed by atoms with Crippen LogP contribution in [0.5, 0.6) is 0 Å². The van der Waals surface area contributed by atoms with Crippen LogP contribution < -0.4 is 4.90 Å². The van der Waals surface area contributed by atoms with Crippen molar-refractivity contribution >= 4 is 82.0 Å². The van der Waals surface area contributed by atoms with Gasteiger partial charge in [0.1, 0.15) is 0 Å². The van der Waals surface area contributed by atoms with Gasteiger partial charge >= 0.3 is 0 Å². The van der Waals surface area contributed by atoms with Crippen LogP contribution in [0.15, 0.2) is 255 Å². The quantitative estimate of drug-likeness (QED) is 0.145. The molecule has 0 aliphatic rings. The van der Waals surface area contributed by atoms with E-state index in [4.69, 9.17) is 0 Å². The minimum atomic E-state index is 1.08. The van der Waals surface area contributed by atoms with Crippen molar-refractivity contribution in [2.45, 2.75) is 0 Å². The summed E-state index contributed by atoms with van der Waals surface area (Å²) in [6.45, 7) is 0. The highest BCUT2D eigenvalue weighted by atomic mass is 15.1. The highest BCUT2D eigenvalue weighted by Gasteiger charge is 2.18. The van der Waals surface area contributed by atoms with Gasteiger partial charge in [-0.25, -0.2) is 0 Å². The van der Waals surface area contributed by atoms with E-state index >= 15 is 0 Å². The molecule has 0 radical (unpaired) electrons. The first-order valence-electron chi connectivity index (χ1n) is 22.7. The van der Waals surface area contributed by atoms with Gasteiger partial charge in [0.25, 0.3) is 0 Å². The summed E-state index contributed by atoms with van der Waals surface area (Å²) in [7, 11) is 0. The largest absolute Gasteiger partial charge is 0.310 e. The maximum absolute atomic E-state index is 2.40. The molecule has 1 aromatic heterocycles. The summed E-state index contributed by atoms with van der Waals surface area (Å²) in [5.74, 6) is 0. The molecule has 13 aromatic rings. The van der Waals surface area contributed by atoms with Crippen LogP contribution in [-0.4, -0.2) is 4.57 Å². The number of anilines is 3. The maximum atomic E-state index is 2.40. The van der Waals surface area contributed by atoms with Crippen molar-refractivity contribution in [1.82, 2.24) is 4.57 Å². The predicted molar refractivity (Wildman–Crippen MR) is 282 cm³/mol. The zero-order valence-electron chi connectivity index (χ0n) is 36.1. The molecule has 0 saturated heterocycles. The number of hydrogen-bond donors (Lipinski definition) is 0. The summed E-state index contributed by atoms with van der Waals surface area (Å²) in [5.41, 5.74) is 14.0. The van der Waals surface area contributed by atoms with E-state index in [1.54, 1.807) is 0 Å². The Hall–Kier alpha value is -8.72. The Bertz CT molecular complexity index is 3880. The zero-order chi connectivity index (χ0) is 43.6. The fourth-order valence-electron chi connectivity index (χ4n) is 10.4. The number of para-hydroxylation sites is 2. The van der Waals surface area contributed by atoms with E-state index < -0.39 is 0 Å². The van der Waals surface area contributed by atoms with Crippen LogP contribution in [0.1, 0.15) is 0 Å². The molecule has 12 aromatic carbocycles. The van der Waals surface area contributed by atoms with Crippen molar-refractivity contribution in [3.05, 3.63) is 255 Å². The summed E-state index contributed by atoms with van der Waals surface area (Å²) in [4.78, 5) is 2.38. The standard InChI is InChI=1S/C64H42N2/c1-2-17-53-46(13-1)14-11-24-54(53)47-29-27-43(28-30-47)44-31-36-49(37-32-44)65(51-15-12-16-52(42-51)66-63-25-9-7-22-60(63)61-23-8-10-26-64(61)66)50-38-33-45(34-39-50)48-35-40-59-57-20-4-3-18-55(57)56-19-5-6-21-58(56)62(59)41-48/h1-42H. The highest BCUT2D eigenvalue weighted by Crippen LogP contribution is 2.41. The minimum Gasteiger partial charge on any atom is -0.310 e. The molecule has 0 bridgehead atoms. The third-order valence-corrected chi connectivity index (χ3v) is 13.6. The van der Waals surface area contributed by atoms with E-state index in [0.717, 1.165) is 22.7 Å². The molecule has 1 heterocycles. The third-order valence-electron chi connectivity index (χ3n) is 13.6. The lowest BCUT2D eigenvalue weighted by Crippen LogP contribution is -2.10. The summed E-state index contributed by atoms with van der Waals surface area (Å²) < 4.78 is 2.40. The van der Waals surface area contributed by atoms with Crippen LogP contribution in [0.3, 0.4) is 0 Å². The first-order valence-corrected chi connectivity index (χ1v) is 22.7. The maximum Gasteiger partial charge on any atom is 0.0541 e. The van der Waals surface area contributed by atoms with Gasteiger partial charge in [0.15, 0.2) is 0 Å². The molecule has 0 saturated carbocycles. The van der Waals surface area contributed by atoms with Crippen molar-refractivity contribution in [3.63, 3.8) is 0 Å². The van der Waals surface area contributed by atoms with Gasteiger partial charge in [0.05, 0.1) is 11.0 Å². The fraction of sp³-hybridized carbons (Fsp3) is 0. The van der Waals surface area contributed by atoms with Crippen LogP contribution in [0.4, 0.5) is 17.1 Å². The van der Waals surface area contributed by atoms with E-state index in [0.29, 0.717) is 0 Å². The van der Waals surface area contributed by atoms with Gasteiger partial charge < -0.3 is 9.47 Å². The number of benzene rings is 12. The molecule has 308 valence electrons. The molecule has 0 unspecified atom stereocenters. The number of hydrogen-bond acceptors (Lipinski definition) is 1. The van der Waals surface area contributed by atoms with Crippen molar-refractivity contribution in [2.24, 2.45) is 0 Å². The van der Waals surface area contributed by atoms with E-state index in [1.165, 1.54) is 98.3 Å². The van der Waals surface area contributed by atoms with Crippen molar-refractivity contribution in [2.75, 3.05) is 4.90 Å². The molecule has 2 heteroatoms. The average molecular weight is 839 g/mol. The fourth-order valence-corrected chi connectivity index (χ4v) is 10.4. The molecule has 0 aliphatic carbocycles. The molecule has 66 heavy (non-hydrogen) atoms. The Morgan fingerprint density at radius 2 is 0.667 bits per heavy atom. The molecular weight excluding hydrogens is 797 g/mol. The van der Waals surface area contributed by atoms with Gasteiger partial charge in [-0.2, -0.15) is 0 Å². The SMILES string of the molecule is c1cc(N(c2ccc(-c3ccc(-c4cccc5ccccc45)cc3)cc2)c2ccc(-c3ccc4c5ccccc5c5ccccc5c4c3)cc2)cc(-n2c3ccccc3c3ccccc32)c1. The van der Waals surface area contributed by atoms with Crippen molar-refractivity contribution < 1.29 is 0 Å². The number of rotatable bonds is 7. The highest BCUT2D eigenvalue weighted by molar-refractivity contribution is 6.25. The van der Waals surface area contributed by atoms with Gasteiger partial charge in [-0.3, -0.25) is 0 Å². The number of nitrogens with zero attached hydrogens (tertiary/aromatic N) is 2. The molecule has 0 amide bonds. The Kier molecular flexibility index (Phi) is 8.89. The summed E-state index contributed by atoms with van der Waals surface area (Å²) in [6, 6.07) is 93.2. The lowest BCUT2D eigenvalue weighted by Gasteiger charge is -2.26. The van der Waals surface area contributed by atoms with Gasteiger partial charge in [-0.05, 0) is 137 Å². The first kappa shape index (κ1) is 37.8. The molecule has 0 N–H and O–H groups in total. The van der Waals surface area contributed by atoms with Crippen LogP contribution in [0, 0.1) is 0 Å². The average Bonchev–Trinajstić information content (AvgIpc) is 3.73. The van der Waals surface area contributed by atoms with E-state index in [1.807, 2.05) is 0 Å². The smallest absolute Gasteiger partial charge is 0.0541 e. The third kappa shape index (κ3) is 6.26. The zero-order valence-corrected chi connectivity index (χ0v) is 36.1. The van der Waals surface area contributed by atoms with E-state index in [9.17, 15) is 0 Å². The van der Waals surface area contributed by atoms with Gasteiger partial charge in [-0.1, -0.05) is 194 Å². The second-order valence-corrected chi connectivity index (χ2v) is 17.3. The second kappa shape index (κ2) is 15.5. The predicted octanol–water partition coefficient (Wildman–Crippen LogP) is 17.9. The monoisotopic (exact) mass is 838 g/mol. The molecular formula is C64H42N2. The Morgan fingerprint density at radius 3 is 1.27 bits per heavy atom. The van der Waals surface area contributed by atoms with Gasteiger partial charge in [0.2, 0.25) is 0 Å². The van der Waals surface area contributed by atoms with Crippen LogP contribution in [0.2, 0.25) is 0 Å². The van der Waals surface area contributed by atoms with Crippen LogP contribution in [0.25, 0.3) is 104 Å². The Morgan fingerprint density at radius 1 is 0.242 bits per heavy atom. The first-order chi connectivity index (χ1) is 32.7. The lowest BCUT2D eigenvalue weighted by molar-refractivity contribution is 1.17. The van der Waals surface area contributed by atoms with Crippen LogP contribution in [-0.2, 0) is 0 Å². The minimum absolute atomic E-state index is 1.08. The van der Waals surface area contributed by atoms with E-state index in [-0.39, 0.29) is 0 Å². The topological polar surface area (TPSA) is 8.17 Å². The Balaban J connectivity index is 0.904. The van der Waals surface area contributed by atoms with E-state index in [2.05, 4.69) is 264 Å². The molecule has 0 aliphatic heterocycles.